The number of hydrogen-bond donors (Lipinski definition) is 2. The van der Waals surface area contributed by atoms with Gasteiger partial charge in [-0.1, -0.05) is 6.92 Å². The highest BCUT2D eigenvalue weighted by Gasteiger charge is 2.16. The molecule has 20 heavy (non-hydrogen) atoms. The quantitative estimate of drug-likeness (QED) is 0.861. The van der Waals surface area contributed by atoms with Crippen LogP contribution in [0.5, 0.6) is 0 Å². The average Bonchev–Trinajstić information content (AvgIpc) is 2.97. The lowest BCUT2D eigenvalue weighted by atomic mass is 10.2. The number of aromatic amines is 1. The molecule has 0 spiro atoms. The van der Waals surface area contributed by atoms with Crippen molar-refractivity contribution in [1.29, 1.82) is 0 Å². The number of H-pyrrole nitrogens is 1. The van der Waals surface area contributed by atoms with Gasteiger partial charge < -0.3 is 4.98 Å². The third-order valence-electron chi connectivity index (χ3n) is 3.19. The number of aryl methyl sites for hydroxylation is 3. The number of aromatic nitrogens is 1. The molecule has 0 aliphatic carbocycles. The van der Waals surface area contributed by atoms with E-state index in [1.807, 2.05) is 26.8 Å². The molecule has 0 fully saturated rings. The van der Waals surface area contributed by atoms with Crippen molar-refractivity contribution in [3.05, 3.63) is 40.0 Å². The summed E-state index contributed by atoms with van der Waals surface area (Å²) in [6.07, 6.45) is 1.56. The Labute approximate surface area is 124 Å². The van der Waals surface area contributed by atoms with Crippen molar-refractivity contribution in [2.75, 3.05) is 6.54 Å². The molecular weight excluding hydrogens is 292 g/mol. The van der Waals surface area contributed by atoms with E-state index < -0.39 is 10.0 Å². The summed E-state index contributed by atoms with van der Waals surface area (Å²) in [5.74, 6) is 0. The van der Waals surface area contributed by atoms with E-state index in [-0.39, 0.29) is 0 Å². The van der Waals surface area contributed by atoms with Crippen LogP contribution in [0.25, 0.3) is 0 Å². The summed E-state index contributed by atoms with van der Waals surface area (Å²) < 4.78 is 27.3. The van der Waals surface area contributed by atoms with Gasteiger partial charge in [0, 0.05) is 22.8 Å². The van der Waals surface area contributed by atoms with Crippen molar-refractivity contribution < 1.29 is 8.42 Å². The SMILES string of the molecule is CCc1ccc(S(=O)(=O)NCCc2cc(C)[nH]c2C)s1. The summed E-state index contributed by atoms with van der Waals surface area (Å²) in [5.41, 5.74) is 3.36. The fourth-order valence-corrected chi connectivity index (χ4v) is 4.50. The molecule has 2 N–H and O–H groups in total. The minimum Gasteiger partial charge on any atom is -0.362 e. The standard InChI is InChI=1S/C14H20N2O2S2/c1-4-13-5-6-14(19-13)20(17,18)15-8-7-12-9-10(2)16-11(12)3/h5-6,9,15-16H,4,7-8H2,1-3H3. The molecule has 0 radical (unpaired) electrons. The molecule has 0 saturated heterocycles. The number of thiophene rings is 1. The van der Waals surface area contributed by atoms with Crippen LogP contribution in [0.2, 0.25) is 0 Å². The van der Waals surface area contributed by atoms with Crippen molar-refractivity contribution >= 4 is 21.4 Å². The van der Waals surface area contributed by atoms with E-state index >= 15 is 0 Å². The third kappa shape index (κ3) is 3.50. The zero-order valence-corrected chi connectivity index (χ0v) is 13.6. The molecule has 2 aromatic heterocycles. The Morgan fingerprint density at radius 1 is 1.30 bits per heavy atom. The van der Waals surface area contributed by atoms with Crippen molar-refractivity contribution in [2.24, 2.45) is 0 Å². The Morgan fingerprint density at radius 2 is 2.05 bits per heavy atom. The summed E-state index contributed by atoms with van der Waals surface area (Å²) in [6, 6.07) is 5.61. The van der Waals surface area contributed by atoms with Gasteiger partial charge in [-0.15, -0.1) is 11.3 Å². The second-order valence-corrected chi connectivity index (χ2v) is 7.99. The lowest BCUT2D eigenvalue weighted by Crippen LogP contribution is -2.25. The monoisotopic (exact) mass is 312 g/mol. The van der Waals surface area contributed by atoms with E-state index in [4.69, 9.17) is 0 Å². The van der Waals surface area contributed by atoms with Gasteiger partial charge in [0.15, 0.2) is 0 Å². The van der Waals surface area contributed by atoms with E-state index in [0.29, 0.717) is 17.2 Å². The van der Waals surface area contributed by atoms with Crippen molar-refractivity contribution in [2.45, 2.75) is 37.8 Å². The molecule has 2 heterocycles. The average molecular weight is 312 g/mol. The molecule has 0 aliphatic heterocycles. The number of rotatable bonds is 6. The minimum absolute atomic E-state index is 0.399. The number of hydrogen-bond acceptors (Lipinski definition) is 3. The number of nitrogens with one attached hydrogen (secondary N) is 2. The third-order valence-corrected chi connectivity index (χ3v) is 6.38. The fourth-order valence-electron chi connectivity index (χ4n) is 2.13. The molecule has 4 nitrogen and oxygen atoms in total. The first-order valence-corrected chi connectivity index (χ1v) is 8.96. The molecular formula is C14H20N2O2S2. The molecule has 0 unspecified atom stereocenters. The largest absolute Gasteiger partial charge is 0.362 e. The highest BCUT2D eigenvalue weighted by molar-refractivity contribution is 7.91. The van der Waals surface area contributed by atoms with Gasteiger partial charge in [-0.3, -0.25) is 0 Å². The Morgan fingerprint density at radius 3 is 2.60 bits per heavy atom. The molecule has 0 aromatic carbocycles. The summed E-state index contributed by atoms with van der Waals surface area (Å²) >= 11 is 1.34. The van der Waals surface area contributed by atoms with Crippen LogP contribution in [0.1, 0.15) is 28.8 Å². The van der Waals surface area contributed by atoms with Gasteiger partial charge in [-0.2, -0.15) is 0 Å². The second-order valence-electron chi connectivity index (χ2n) is 4.82. The molecule has 0 saturated carbocycles. The highest BCUT2D eigenvalue weighted by Crippen LogP contribution is 2.21. The maximum atomic E-state index is 12.1. The van der Waals surface area contributed by atoms with Gasteiger partial charge in [0.1, 0.15) is 4.21 Å². The van der Waals surface area contributed by atoms with E-state index in [2.05, 4.69) is 15.8 Å². The van der Waals surface area contributed by atoms with Gasteiger partial charge in [0.25, 0.3) is 0 Å². The normalized spacial score (nSPS) is 11.9. The zero-order valence-electron chi connectivity index (χ0n) is 12.0. The molecule has 0 bridgehead atoms. The first kappa shape index (κ1) is 15.3. The molecule has 2 aromatic rings. The molecule has 0 atom stereocenters. The summed E-state index contributed by atoms with van der Waals surface area (Å²) in [6.45, 7) is 6.44. The number of sulfonamides is 1. The van der Waals surface area contributed by atoms with Gasteiger partial charge in [0.05, 0.1) is 0 Å². The highest BCUT2D eigenvalue weighted by atomic mass is 32.2. The Hall–Kier alpha value is -1.11. The van der Waals surface area contributed by atoms with Crippen LogP contribution in [0, 0.1) is 13.8 Å². The molecule has 0 aliphatic rings. The van der Waals surface area contributed by atoms with Gasteiger partial charge in [-0.25, -0.2) is 13.1 Å². The second kappa shape index (κ2) is 6.11. The minimum atomic E-state index is -3.37. The van der Waals surface area contributed by atoms with Crippen molar-refractivity contribution in [3.8, 4) is 0 Å². The summed E-state index contributed by atoms with van der Waals surface area (Å²) in [4.78, 5) is 4.31. The van der Waals surface area contributed by atoms with Crippen LogP contribution < -0.4 is 4.72 Å². The first-order valence-electron chi connectivity index (χ1n) is 6.66. The van der Waals surface area contributed by atoms with Crippen LogP contribution in [-0.2, 0) is 22.9 Å². The van der Waals surface area contributed by atoms with E-state index in [1.54, 1.807) is 6.07 Å². The maximum absolute atomic E-state index is 12.1. The lowest BCUT2D eigenvalue weighted by molar-refractivity contribution is 0.583. The predicted molar refractivity (Wildman–Crippen MR) is 82.9 cm³/mol. The zero-order chi connectivity index (χ0) is 14.8. The molecule has 110 valence electrons. The van der Waals surface area contributed by atoms with Gasteiger partial charge in [0.2, 0.25) is 10.0 Å². The molecule has 6 heteroatoms. The Balaban J connectivity index is 1.97. The van der Waals surface area contributed by atoms with Crippen LogP contribution in [0.3, 0.4) is 0 Å². The maximum Gasteiger partial charge on any atom is 0.250 e. The van der Waals surface area contributed by atoms with Gasteiger partial charge >= 0.3 is 0 Å². The predicted octanol–water partition coefficient (Wildman–Crippen LogP) is 2.78. The van der Waals surface area contributed by atoms with Crippen LogP contribution in [0.4, 0.5) is 0 Å². The van der Waals surface area contributed by atoms with E-state index in [1.165, 1.54) is 11.3 Å². The van der Waals surface area contributed by atoms with Crippen molar-refractivity contribution in [1.82, 2.24) is 9.71 Å². The summed E-state index contributed by atoms with van der Waals surface area (Å²) in [5, 5.41) is 0. The lowest BCUT2D eigenvalue weighted by Gasteiger charge is -2.04. The Bertz CT molecular complexity index is 684. The molecule has 0 amide bonds. The smallest absolute Gasteiger partial charge is 0.250 e. The van der Waals surface area contributed by atoms with Crippen LogP contribution in [0.15, 0.2) is 22.4 Å². The summed E-state index contributed by atoms with van der Waals surface area (Å²) in [7, 11) is -3.37. The Kier molecular flexibility index (Phi) is 4.67. The first-order chi connectivity index (χ1) is 9.42. The van der Waals surface area contributed by atoms with Crippen molar-refractivity contribution in [3.63, 3.8) is 0 Å². The van der Waals surface area contributed by atoms with E-state index in [9.17, 15) is 8.42 Å². The molecule has 2 rings (SSSR count). The van der Waals surface area contributed by atoms with Crippen LogP contribution >= 0.6 is 11.3 Å². The fraction of sp³-hybridized carbons (Fsp3) is 0.429. The van der Waals surface area contributed by atoms with Gasteiger partial charge in [-0.05, 0) is 50.5 Å². The van der Waals surface area contributed by atoms with E-state index in [0.717, 1.165) is 28.2 Å². The van der Waals surface area contributed by atoms with Crippen LogP contribution in [-0.4, -0.2) is 19.9 Å². The topological polar surface area (TPSA) is 62.0 Å².